The highest BCUT2D eigenvalue weighted by molar-refractivity contribution is 7.99. The van der Waals surface area contributed by atoms with Gasteiger partial charge in [-0.25, -0.2) is 4.98 Å². The minimum Gasteiger partial charge on any atom is -0.399 e. The normalized spacial score (nSPS) is 13.1. The Balaban J connectivity index is 2.19. The van der Waals surface area contributed by atoms with Gasteiger partial charge in [-0.3, -0.25) is 0 Å². The van der Waals surface area contributed by atoms with Gasteiger partial charge < -0.3 is 10.3 Å². The number of nitrogens with two attached hydrogens (primary N) is 1. The summed E-state index contributed by atoms with van der Waals surface area (Å²) >= 11 is 1.90. The van der Waals surface area contributed by atoms with Crippen molar-refractivity contribution >= 4 is 28.5 Å². The SMILES string of the molecule is CSC(C)CCn1cnc2cc(N)ccc21. The van der Waals surface area contributed by atoms with Crippen molar-refractivity contribution in [3.8, 4) is 0 Å². The summed E-state index contributed by atoms with van der Waals surface area (Å²) in [6, 6.07) is 5.89. The smallest absolute Gasteiger partial charge is 0.0958 e. The summed E-state index contributed by atoms with van der Waals surface area (Å²) in [7, 11) is 0. The van der Waals surface area contributed by atoms with Gasteiger partial charge in [-0.15, -0.1) is 0 Å². The Morgan fingerprint density at radius 3 is 3.06 bits per heavy atom. The average molecular weight is 235 g/mol. The molecular formula is C12H17N3S. The fourth-order valence-electron chi connectivity index (χ4n) is 1.70. The first-order valence-corrected chi connectivity index (χ1v) is 6.72. The second-order valence-corrected chi connectivity index (χ2v) is 5.30. The molecule has 0 aliphatic rings. The number of imidazole rings is 1. The van der Waals surface area contributed by atoms with E-state index in [1.807, 2.05) is 36.3 Å². The Morgan fingerprint density at radius 1 is 1.50 bits per heavy atom. The summed E-state index contributed by atoms with van der Waals surface area (Å²) < 4.78 is 2.20. The van der Waals surface area contributed by atoms with Crippen molar-refractivity contribution in [2.24, 2.45) is 0 Å². The molecule has 86 valence electrons. The first-order chi connectivity index (χ1) is 7.70. The highest BCUT2D eigenvalue weighted by Gasteiger charge is 2.04. The van der Waals surface area contributed by atoms with Crippen molar-refractivity contribution in [3.63, 3.8) is 0 Å². The zero-order valence-electron chi connectivity index (χ0n) is 9.68. The minimum atomic E-state index is 0.686. The van der Waals surface area contributed by atoms with E-state index in [1.165, 1.54) is 5.52 Å². The van der Waals surface area contributed by atoms with Crippen LogP contribution < -0.4 is 5.73 Å². The number of fused-ring (bicyclic) bond motifs is 1. The Hall–Kier alpha value is -1.16. The molecule has 4 heteroatoms. The molecule has 0 aliphatic carbocycles. The molecule has 0 bridgehead atoms. The molecule has 16 heavy (non-hydrogen) atoms. The third-order valence-electron chi connectivity index (χ3n) is 2.82. The van der Waals surface area contributed by atoms with Crippen LogP contribution in [0.2, 0.25) is 0 Å². The zero-order chi connectivity index (χ0) is 11.5. The van der Waals surface area contributed by atoms with Gasteiger partial charge in [-0.05, 0) is 30.9 Å². The largest absolute Gasteiger partial charge is 0.399 e. The number of nitrogens with zero attached hydrogens (tertiary/aromatic N) is 2. The van der Waals surface area contributed by atoms with Crippen molar-refractivity contribution in [1.82, 2.24) is 9.55 Å². The fraction of sp³-hybridized carbons (Fsp3) is 0.417. The van der Waals surface area contributed by atoms with Gasteiger partial charge in [0.05, 0.1) is 17.4 Å². The molecule has 1 aromatic heterocycles. The third-order valence-corrected chi connectivity index (χ3v) is 3.86. The quantitative estimate of drug-likeness (QED) is 0.829. The molecule has 1 atom stereocenters. The third kappa shape index (κ3) is 2.32. The Kier molecular flexibility index (Phi) is 3.39. The summed E-state index contributed by atoms with van der Waals surface area (Å²) in [4.78, 5) is 4.36. The van der Waals surface area contributed by atoms with Gasteiger partial charge in [-0.2, -0.15) is 11.8 Å². The van der Waals surface area contributed by atoms with E-state index in [0.29, 0.717) is 5.25 Å². The van der Waals surface area contributed by atoms with E-state index in [2.05, 4.69) is 22.7 Å². The van der Waals surface area contributed by atoms with Crippen LogP contribution in [0.3, 0.4) is 0 Å². The van der Waals surface area contributed by atoms with Crippen LogP contribution in [0.5, 0.6) is 0 Å². The standard InChI is InChI=1S/C12H17N3S/c1-9(16-2)5-6-15-8-14-11-7-10(13)3-4-12(11)15/h3-4,7-9H,5-6,13H2,1-2H3. The molecule has 0 amide bonds. The van der Waals surface area contributed by atoms with Gasteiger partial charge in [0.1, 0.15) is 0 Å². The van der Waals surface area contributed by atoms with Crippen LogP contribution in [-0.4, -0.2) is 21.1 Å². The summed E-state index contributed by atoms with van der Waals surface area (Å²) in [6.07, 6.45) is 5.21. The number of hydrogen-bond donors (Lipinski definition) is 1. The number of hydrogen-bond acceptors (Lipinski definition) is 3. The Labute approximate surface area is 100 Å². The van der Waals surface area contributed by atoms with Crippen molar-refractivity contribution in [3.05, 3.63) is 24.5 Å². The molecule has 2 N–H and O–H groups in total. The molecule has 2 aromatic rings. The van der Waals surface area contributed by atoms with Gasteiger partial charge in [-0.1, -0.05) is 6.92 Å². The Morgan fingerprint density at radius 2 is 2.31 bits per heavy atom. The topological polar surface area (TPSA) is 43.8 Å². The summed E-state index contributed by atoms with van der Waals surface area (Å²) in [5, 5.41) is 0.686. The molecule has 0 saturated carbocycles. The monoisotopic (exact) mass is 235 g/mol. The predicted molar refractivity (Wildman–Crippen MR) is 71.7 cm³/mol. The van der Waals surface area contributed by atoms with Gasteiger partial charge in [0.15, 0.2) is 0 Å². The lowest BCUT2D eigenvalue weighted by molar-refractivity contribution is 0.655. The van der Waals surface area contributed by atoms with E-state index in [-0.39, 0.29) is 0 Å². The number of aromatic nitrogens is 2. The molecule has 2 rings (SSSR count). The summed E-state index contributed by atoms with van der Waals surface area (Å²) in [5.41, 5.74) is 8.65. The van der Waals surface area contributed by atoms with E-state index in [1.54, 1.807) is 0 Å². The molecule has 1 heterocycles. The number of thioether (sulfide) groups is 1. The molecule has 1 aromatic carbocycles. The van der Waals surface area contributed by atoms with Crippen molar-refractivity contribution < 1.29 is 0 Å². The minimum absolute atomic E-state index is 0.686. The molecule has 0 radical (unpaired) electrons. The van der Waals surface area contributed by atoms with Crippen LogP contribution in [0.15, 0.2) is 24.5 Å². The summed E-state index contributed by atoms with van der Waals surface area (Å²) in [5.74, 6) is 0. The van der Waals surface area contributed by atoms with Crippen molar-refractivity contribution in [2.75, 3.05) is 12.0 Å². The lowest BCUT2D eigenvalue weighted by Crippen LogP contribution is -2.03. The van der Waals surface area contributed by atoms with Gasteiger partial charge in [0, 0.05) is 17.5 Å². The van der Waals surface area contributed by atoms with Crippen molar-refractivity contribution in [2.45, 2.75) is 25.1 Å². The maximum Gasteiger partial charge on any atom is 0.0958 e. The molecule has 0 fully saturated rings. The molecule has 1 unspecified atom stereocenters. The lowest BCUT2D eigenvalue weighted by Gasteiger charge is -2.09. The van der Waals surface area contributed by atoms with E-state index in [4.69, 9.17) is 5.73 Å². The Bertz CT molecular complexity index is 478. The lowest BCUT2D eigenvalue weighted by atomic mass is 10.2. The van der Waals surface area contributed by atoms with Gasteiger partial charge in [0.2, 0.25) is 0 Å². The first kappa shape index (κ1) is 11.3. The molecule has 0 saturated heterocycles. The van der Waals surface area contributed by atoms with Crippen LogP contribution in [0.4, 0.5) is 5.69 Å². The van der Waals surface area contributed by atoms with E-state index >= 15 is 0 Å². The zero-order valence-corrected chi connectivity index (χ0v) is 10.5. The average Bonchev–Trinajstić information content (AvgIpc) is 2.68. The number of nitrogen functional groups attached to an aromatic ring is 1. The molecular weight excluding hydrogens is 218 g/mol. The maximum atomic E-state index is 5.72. The first-order valence-electron chi connectivity index (χ1n) is 5.44. The van der Waals surface area contributed by atoms with E-state index in [0.717, 1.165) is 24.2 Å². The highest BCUT2D eigenvalue weighted by atomic mass is 32.2. The molecule has 0 aliphatic heterocycles. The van der Waals surface area contributed by atoms with Crippen molar-refractivity contribution in [1.29, 1.82) is 0 Å². The van der Waals surface area contributed by atoms with Gasteiger partial charge in [0.25, 0.3) is 0 Å². The van der Waals surface area contributed by atoms with Gasteiger partial charge >= 0.3 is 0 Å². The number of anilines is 1. The van der Waals surface area contributed by atoms with Crippen LogP contribution in [0.25, 0.3) is 11.0 Å². The summed E-state index contributed by atoms with van der Waals surface area (Å²) in [6.45, 7) is 3.27. The molecule has 0 spiro atoms. The number of aryl methyl sites for hydroxylation is 1. The number of rotatable bonds is 4. The van der Waals surface area contributed by atoms with Crippen LogP contribution >= 0.6 is 11.8 Å². The van der Waals surface area contributed by atoms with Crippen LogP contribution in [0.1, 0.15) is 13.3 Å². The highest BCUT2D eigenvalue weighted by Crippen LogP contribution is 2.18. The second kappa shape index (κ2) is 4.78. The predicted octanol–water partition coefficient (Wildman–Crippen LogP) is 2.76. The molecule has 3 nitrogen and oxygen atoms in total. The second-order valence-electron chi connectivity index (χ2n) is 4.02. The number of benzene rings is 1. The van der Waals surface area contributed by atoms with E-state index < -0.39 is 0 Å². The maximum absolute atomic E-state index is 5.72. The fourth-order valence-corrected chi connectivity index (χ4v) is 2.04. The van der Waals surface area contributed by atoms with Crippen LogP contribution in [-0.2, 0) is 6.54 Å². The van der Waals surface area contributed by atoms with E-state index in [9.17, 15) is 0 Å². The van der Waals surface area contributed by atoms with Crippen LogP contribution in [0, 0.1) is 0 Å².